The number of carbonyl (C=O) groups is 4. The van der Waals surface area contributed by atoms with Gasteiger partial charge in [-0.25, -0.2) is 0 Å². The van der Waals surface area contributed by atoms with Crippen molar-refractivity contribution in [3.63, 3.8) is 0 Å². The fourth-order valence-corrected chi connectivity index (χ4v) is 2.21. The summed E-state index contributed by atoms with van der Waals surface area (Å²) < 4.78 is 14.1. The summed E-state index contributed by atoms with van der Waals surface area (Å²) >= 11 is 0. The molecule has 1 rings (SSSR count). The van der Waals surface area contributed by atoms with E-state index >= 15 is 0 Å². The number of rotatable bonds is 8. The van der Waals surface area contributed by atoms with Gasteiger partial charge in [0.25, 0.3) is 0 Å². The van der Waals surface area contributed by atoms with Crippen molar-refractivity contribution in [2.24, 2.45) is 11.8 Å². The van der Waals surface area contributed by atoms with Crippen molar-refractivity contribution in [3.05, 3.63) is 35.9 Å². The summed E-state index contributed by atoms with van der Waals surface area (Å²) in [5.41, 5.74) is 0.361. The van der Waals surface area contributed by atoms with Crippen molar-refractivity contribution in [1.29, 1.82) is 0 Å². The fraction of sp³-hybridized carbons (Fsp3) is 0.412. The van der Waals surface area contributed by atoms with E-state index in [-0.39, 0.29) is 13.0 Å². The van der Waals surface area contributed by atoms with E-state index in [4.69, 9.17) is 4.74 Å². The van der Waals surface area contributed by atoms with Crippen LogP contribution in [-0.2, 0) is 28.6 Å². The average Bonchev–Trinajstić information content (AvgIpc) is 2.61. The molecule has 0 saturated carbocycles. The van der Waals surface area contributed by atoms with E-state index in [2.05, 4.69) is 9.47 Å². The largest absolute Gasteiger partial charge is 0.468 e. The molecule has 1 atom stereocenters. The molecule has 7 heteroatoms. The van der Waals surface area contributed by atoms with E-state index in [9.17, 15) is 19.2 Å². The standard InChI is InChI=1S/C17H20O7/c1-4-24-15(19)12(14(16(20)22-2)17(21)23-3)10-13(18)11-8-6-5-7-9-11/h5-9,12,14H,4,10H2,1-3H3. The highest BCUT2D eigenvalue weighted by Crippen LogP contribution is 2.23. The van der Waals surface area contributed by atoms with Crippen LogP contribution >= 0.6 is 0 Å². The van der Waals surface area contributed by atoms with Gasteiger partial charge in [0.15, 0.2) is 11.7 Å². The van der Waals surface area contributed by atoms with Gasteiger partial charge in [-0.2, -0.15) is 0 Å². The van der Waals surface area contributed by atoms with Crippen LogP contribution in [0.4, 0.5) is 0 Å². The molecule has 0 fully saturated rings. The Morgan fingerprint density at radius 3 is 1.92 bits per heavy atom. The summed E-state index contributed by atoms with van der Waals surface area (Å²) in [6.07, 6.45) is -0.377. The first-order valence-corrected chi connectivity index (χ1v) is 7.36. The van der Waals surface area contributed by atoms with Gasteiger partial charge in [-0.05, 0) is 6.92 Å². The molecule has 130 valence electrons. The fourth-order valence-electron chi connectivity index (χ4n) is 2.21. The van der Waals surface area contributed by atoms with E-state index in [1.54, 1.807) is 37.3 Å². The molecule has 1 aromatic rings. The van der Waals surface area contributed by atoms with Crippen molar-refractivity contribution in [3.8, 4) is 0 Å². The lowest BCUT2D eigenvalue weighted by molar-refractivity contribution is -0.169. The minimum Gasteiger partial charge on any atom is -0.468 e. The Balaban J connectivity index is 3.14. The molecule has 7 nitrogen and oxygen atoms in total. The summed E-state index contributed by atoms with van der Waals surface area (Å²) in [6, 6.07) is 8.24. The van der Waals surface area contributed by atoms with E-state index in [1.165, 1.54) is 0 Å². The molecule has 0 heterocycles. The second-order valence-electron chi connectivity index (χ2n) is 4.88. The second-order valence-corrected chi connectivity index (χ2v) is 4.88. The highest BCUT2D eigenvalue weighted by molar-refractivity contribution is 6.03. The molecule has 0 amide bonds. The number of hydrogen-bond acceptors (Lipinski definition) is 7. The van der Waals surface area contributed by atoms with Gasteiger partial charge in [0.2, 0.25) is 0 Å². The normalized spacial score (nSPS) is 11.5. The molecule has 0 saturated heterocycles. The zero-order chi connectivity index (χ0) is 18.1. The molecule has 0 aromatic heterocycles. The zero-order valence-corrected chi connectivity index (χ0v) is 13.8. The first-order chi connectivity index (χ1) is 11.5. The Labute approximate surface area is 139 Å². The van der Waals surface area contributed by atoms with Crippen molar-refractivity contribution >= 4 is 23.7 Å². The predicted octanol–water partition coefficient (Wildman–Crippen LogP) is 1.40. The Morgan fingerprint density at radius 1 is 0.917 bits per heavy atom. The first kappa shape index (κ1) is 19.3. The third-order valence-electron chi connectivity index (χ3n) is 3.40. The Hall–Kier alpha value is -2.70. The third-order valence-corrected chi connectivity index (χ3v) is 3.40. The van der Waals surface area contributed by atoms with Gasteiger partial charge in [-0.15, -0.1) is 0 Å². The minimum absolute atomic E-state index is 0.0456. The monoisotopic (exact) mass is 336 g/mol. The molecule has 0 aliphatic rings. The predicted molar refractivity (Wildman–Crippen MR) is 83.0 cm³/mol. The lowest BCUT2D eigenvalue weighted by Gasteiger charge is -2.21. The lowest BCUT2D eigenvalue weighted by Crippen LogP contribution is -2.39. The number of esters is 3. The highest BCUT2D eigenvalue weighted by Gasteiger charge is 2.43. The maximum absolute atomic E-state index is 12.4. The van der Waals surface area contributed by atoms with E-state index < -0.39 is 35.5 Å². The van der Waals surface area contributed by atoms with Gasteiger partial charge in [-0.3, -0.25) is 19.2 Å². The maximum atomic E-state index is 12.4. The summed E-state index contributed by atoms with van der Waals surface area (Å²) in [4.78, 5) is 48.5. The van der Waals surface area contributed by atoms with Crippen LogP contribution in [0.25, 0.3) is 0 Å². The van der Waals surface area contributed by atoms with Crippen LogP contribution in [-0.4, -0.2) is 44.5 Å². The molecule has 0 aliphatic heterocycles. The first-order valence-electron chi connectivity index (χ1n) is 7.36. The Bertz CT molecular complexity index is 578. The van der Waals surface area contributed by atoms with Crippen LogP contribution in [0.3, 0.4) is 0 Å². The van der Waals surface area contributed by atoms with Gasteiger partial charge in [0.05, 0.1) is 26.7 Å². The van der Waals surface area contributed by atoms with Gasteiger partial charge in [-0.1, -0.05) is 30.3 Å². The third kappa shape index (κ3) is 4.91. The van der Waals surface area contributed by atoms with Crippen molar-refractivity contribution < 1.29 is 33.4 Å². The van der Waals surface area contributed by atoms with E-state index in [1.807, 2.05) is 0 Å². The number of carbonyl (C=O) groups excluding carboxylic acids is 4. The van der Waals surface area contributed by atoms with Gasteiger partial charge in [0.1, 0.15) is 0 Å². The van der Waals surface area contributed by atoms with Crippen LogP contribution in [0.1, 0.15) is 23.7 Å². The van der Waals surface area contributed by atoms with E-state index in [0.29, 0.717) is 5.56 Å². The van der Waals surface area contributed by atoms with Crippen LogP contribution < -0.4 is 0 Å². The molecule has 1 unspecified atom stereocenters. The molecule has 0 bridgehead atoms. The number of Topliss-reactive ketones (excluding diaryl/α,β-unsaturated/α-hetero) is 1. The summed E-state index contributed by atoms with van der Waals surface area (Å²) in [6.45, 7) is 1.63. The molecule has 24 heavy (non-hydrogen) atoms. The quantitative estimate of drug-likeness (QED) is 0.306. The van der Waals surface area contributed by atoms with Gasteiger partial charge in [0, 0.05) is 12.0 Å². The topological polar surface area (TPSA) is 96.0 Å². The maximum Gasteiger partial charge on any atom is 0.320 e. The van der Waals surface area contributed by atoms with Crippen molar-refractivity contribution in [2.45, 2.75) is 13.3 Å². The van der Waals surface area contributed by atoms with Crippen molar-refractivity contribution in [2.75, 3.05) is 20.8 Å². The Kier molecular flexibility index (Phi) is 7.61. The molecule has 0 N–H and O–H groups in total. The van der Waals surface area contributed by atoms with Gasteiger partial charge < -0.3 is 14.2 Å². The van der Waals surface area contributed by atoms with Crippen LogP contribution in [0, 0.1) is 11.8 Å². The zero-order valence-electron chi connectivity index (χ0n) is 13.8. The highest BCUT2D eigenvalue weighted by atomic mass is 16.5. The smallest absolute Gasteiger partial charge is 0.320 e. The number of hydrogen-bond donors (Lipinski definition) is 0. The Morgan fingerprint density at radius 2 is 1.46 bits per heavy atom. The minimum atomic E-state index is -1.56. The van der Waals surface area contributed by atoms with Crippen molar-refractivity contribution in [1.82, 2.24) is 0 Å². The number of ketones is 1. The van der Waals surface area contributed by atoms with Crippen LogP contribution in [0.2, 0.25) is 0 Å². The summed E-state index contributed by atoms with van der Waals surface area (Å²) in [7, 11) is 2.17. The lowest BCUT2D eigenvalue weighted by atomic mass is 9.86. The van der Waals surface area contributed by atoms with E-state index in [0.717, 1.165) is 14.2 Å². The molecular weight excluding hydrogens is 316 g/mol. The summed E-state index contributed by atoms with van der Waals surface area (Å²) in [5, 5.41) is 0. The number of ether oxygens (including phenoxy) is 3. The molecule has 0 spiro atoms. The molecule has 1 aromatic carbocycles. The molecule has 0 aliphatic carbocycles. The second kappa shape index (κ2) is 9.44. The molecular formula is C17H20O7. The number of methoxy groups -OCH3 is 2. The number of benzene rings is 1. The average molecular weight is 336 g/mol. The van der Waals surface area contributed by atoms with Gasteiger partial charge >= 0.3 is 17.9 Å². The van der Waals surface area contributed by atoms with Crippen LogP contribution in [0.15, 0.2) is 30.3 Å². The summed E-state index contributed by atoms with van der Waals surface area (Å²) in [5.74, 6) is -6.03. The molecule has 0 radical (unpaired) electrons. The van der Waals surface area contributed by atoms with Crippen LogP contribution in [0.5, 0.6) is 0 Å². The SMILES string of the molecule is CCOC(=O)C(CC(=O)c1ccccc1)C(C(=O)OC)C(=O)OC.